The van der Waals surface area contributed by atoms with Gasteiger partial charge >= 0.3 is 0 Å². The van der Waals surface area contributed by atoms with Gasteiger partial charge in [-0.25, -0.2) is 22.7 Å². The van der Waals surface area contributed by atoms with Gasteiger partial charge in [-0.15, -0.1) is 0 Å². The standard InChI is InChI=1S/C30H32N4O4S/c1-19-15-20(2)32-29(31-19)33(5)39(36,37)24-13-9-22(10-14-24)34-26(21-7-11-23(38-6)12-8-21)16-25-27(34)17-30(3,4)18-28(25)35/h7-16H,17-18H2,1-6H3. The van der Waals surface area contributed by atoms with Gasteiger partial charge in [0.2, 0.25) is 5.95 Å². The second-order valence-electron chi connectivity index (χ2n) is 10.8. The Morgan fingerprint density at radius 1 is 0.923 bits per heavy atom. The first-order chi connectivity index (χ1) is 18.4. The number of carbonyl (C=O) groups is 1. The molecule has 1 aliphatic rings. The summed E-state index contributed by atoms with van der Waals surface area (Å²) in [5.74, 6) is 0.980. The van der Waals surface area contributed by atoms with Crippen LogP contribution in [0, 0.1) is 19.3 Å². The maximum absolute atomic E-state index is 13.4. The van der Waals surface area contributed by atoms with E-state index in [0.717, 1.165) is 39.1 Å². The van der Waals surface area contributed by atoms with E-state index < -0.39 is 10.0 Å². The minimum absolute atomic E-state index is 0.115. The van der Waals surface area contributed by atoms with Crippen molar-refractivity contribution in [2.45, 2.75) is 45.4 Å². The van der Waals surface area contributed by atoms with Gasteiger partial charge in [0.05, 0.1) is 17.7 Å². The Kier molecular flexibility index (Phi) is 6.58. The highest BCUT2D eigenvalue weighted by molar-refractivity contribution is 7.92. The molecule has 2 aromatic carbocycles. The molecule has 8 nitrogen and oxygen atoms in total. The third-order valence-corrected chi connectivity index (χ3v) is 8.83. The smallest absolute Gasteiger partial charge is 0.266 e. The predicted octanol–water partition coefficient (Wildman–Crippen LogP) is 5.54. The molecule has 0 fully saturated rings. The maximum Gasteiger partial charge on any atom is 0.266 e. The van der Waals surface area contributed by atoms with Crippen molar-refractivity contribution in [3.05, 3.63) is 83.3 Å². The molecular weight excluding hydrogens is 512 g/mol. The molecular formula is C30H32N4O4S. The van der Waals surface area contributed by atoms with Gasteiger partial charge in [0.25, 0.3) is 10.0 Å². The zero-order valence-electron chi connectivity index (χ0n) is 23.0. The molecule has 0 aliphatic heterocycles. The molecule has 0 N–H and O–H groups in total. The minimum Gasteiger partial charge on any atom is -0.497 e. The first kappa shape index (κ1) is 26.6. The van der Waals surface area contributed by atoms with Crippen molar-refractivity contribution in [2.75, 3.05) is 18.5 Å². The van der Waals surface area contributed by atoms with Crippen molar-refractivity contribution >= 4 is 21.8 Å². The lowest BCUT2D eigenvalue weighted by Crippen LogP contribution is -2.29. The van der Waals surface area contributed by atoms with Crippen LogP contribution in [0.3, 0.4) is 0 Å². The Labute approximate surface area is 229 Å². The van der Waals surface area contributed by atoms with E-state index in [4.69, 9.17) is 4.74 Å². The Hall–Kier alpha value is -3.98. The number of carbonyl (C=O) groups excluding carboxylic acids is 1. The Bertz CT molecular complexity index is 1650. The number of aryl methyl sites for hydroxylation is 2. The van der Waals surface area contributed by atoms with Crippen LogP contribution in [-0.4, -0.2) is 42.9 Å². The molecule has 0 atom stereocenters. The summed E-state index contributed by atoms with van der Waals surface area (Å²) in [4.78, 5) is 21.9. The topological polar surface area (TPSA) is 94.4 Å². The van der Waals surface area contributed by atoms with Crippen LogP contribution >= 0.6 is 0 Å². The van der Waals surface area contributed by atoms with Crippen LogP contribution in [0.2, 0.25) is 0 Å². The summed E-state index contributed by atoms with van der Waals surface area (Å²) in [6, 6.07) is 18.2. The second kappa shape index (κ2) is 9.64. The SMILES string of the molecule is COc1ccc(-c2cc3c(n2-c2ccc(S(=O)(=O)N(C)c4nc(C)cc(C)n4)cc2)CC(C)(C)CC3=O)cc1. The normalized spacial score (nSPS) is 14.7. The molecule has 0 saturated carbocycles. The Morgan fingerprint density at radius 2 is 1.54 bits per heavy atom. The Morgan fingerprint density at radius 3 is 2.13 bits per heavy atom. The van der Waals surface area contributed by atoms with Gasteiger partial charge in [0.15, 0.2) is 5.78 Å². The van der Waals surface area contributed by atoms with E-state index in [9.17, 15) is 13.2 Å². The fourth-order valence-corrected chi connectivity index (χ4v) is 6.25. The fourth-order valence-electron chi connectivity index (χ4n) is 5.16. The van der Waals surface area contributed by atoms with Crippen molar-refractivity contribution in [1.29, 1.82) is 0 Å². The number of ether oxygens (including phenoxy) is 1. The molecule has 0 unspecified atom stereocenters. The van der Waals surface area contributed by atoms with E-state index >= 15 is 0 Å². The summed E-state index contributed by atoms with van der Waals surface area (Å²) >= 11 is 0. The number of sulfonamides is 1. The molecule has 5 rings (SSSR count). The van der Waals surface area contributed by atoms with E-state index in [-0.39, 0.29) is 22.0 Å². The monoisotopic (exact) mass is 544 g/mol. The summed E-state index contributed by atoms with van der Waals surface area (Å²) in [7, 11) is -0.820. The highest BCUT2D eigenvalue weighted by Crippen LogP contribution is 2.40. The number of rotatable bonds is 6. The second-order valence-corrected chi connectivity index (χ2v) is 12.8. The zero-order valence-corrected chi connectivity index (χ0v) is 23.8. The molecule has 202 valence electrons. The van der Waals surface area contributed by atoms with Crippen LogP contribution in [-0.2, 0) is 16.4 Å². The summed E-state index contributed by atoms with van der Waals surface area (Å²) in [5, 5.41) is 0. The van der Waals surface area contributed by atoms with Gasteiger partial charge in [-0.05, 0) is 91.9 Å². The third kappa shape index (κ3) is 4.94. The summed E-state index contributed by atoms with van der Waals surface area (Å²) in [6.07, 6.45) is 1.20. The van der Waals surface area contributed by atoms with Gasteiger partial charge in [0.1, 0.15) is 5.75 Å². The number of nitrogens with zero attached hydrogens (tertiary/aromatic N) is 4. The first-order valence-corrected chi connectivity index (χ1v) is 14.2. The number of ketones is 1. The lowest BCUT2D eigenvalue weighted by molar-refractivity contribution is 0.0911. The van der Waals surface area contributed by atoms with Crippen LogP contribution in [0.5, 0.6) is 5.75 Å². The van der Waals surface area contributed by atoms with Crippen molar-refractivity contribution in [2.24, 2.45) is 5.41 Å². The lowest BCUT2D eigenvalue weighted by Gasteiger charge is -2.30. The highest BCUT2D eigenvalue weighted by Gasteiger charge is 2.35. The van der Waals surface area contributed by atoms with Crippen LogP contribution < -0.4 is 9.04 Å². The average Bonchev–Trinajstić information content (AvgIpc) is 3.26. The van der Waals surface area contributed by atoms with E-state index in [1.807, 2.05) is 30.3 Å². The number of hydrogen-bond acceptors (Lipinski definition) is 6. The highest BCUT2D eigenvalue weighted by atomic mass is 32.2. The molecule has 1 aliphatic carbocycles. The largest absolute Gasteiger partial charge is 0.497 e. The average molecular weight is 545 g/mol. The Balaban J connectivity index is 1.60. The molecule has 0 amide bonds. The lowest BCUT2D eigenvalue weighted by atomic mass is 9.76. The molecule has 4 aromatic rings. The van der Waals surface area contributed by atoms with Crippen LogP contribution in [0.25, 0.3) is 16.9 Å². The zero-order chi connectivity index (χ0) is 28.1. The number of benzene rings is 2. The van der Waals surface area contributed by atoms with Gasteiger partial charge in [-0.3, -0.25) is 4.79 Å². The van der Waals surface area contributed by atoms with Gasteiger partial charge in [-0.2, -0.15) is 0 Å². The van der Waals surface area contributed by atoms with E-state index in [2.05, 4.69) is 28.4 Å². The fraction of sp³-hybridized carbons (Fsp3) is 0.300. The first-order valence-electron chi connectivity index (χ1n) is 12.7. The van der Waals surface area contributed by atoms with Gasteiger partial charge < -0.3 is 9.30 Å². The molecule has 2 aromatic heterocycles. The van der Waals surface area contributed by atoms with Crippen LogP contribution in [0.4, 0.5) is 5.95 Å². The van der Waals surface area contributed by atoms with E-state index in [1.54, 1.807) is 51.3 Å². The van der Waals surface area contributed by atoms with Gasteiger partial charge in [-0.1, -0.05) is 13.8 Å². The molecule has 39 heavy (non-hydrogen) atoms. The van der Waals surface area contributed by atoms with E-state index in [0.29, 0.717) is 23.4 Å². The molecule has 2 heterocycles. The molecule has 0 saturated heterocycles. The molecule has 0 bridgehead atoms. The van der Waals surface area contributed by atoms with Crippen molar-refractivity contribution in [3.8, 4) is 22.7 Å². The third-order valence-electron chi connectivity index (χ3n) is 7.08. The summed E-state index contributed by atoms with van der Waals surface area (Å²) < 4.78 is 35.4. The maximum atomic E-state index is 13.4. The predicted molar refractivity (Wildman–Crippen MR) is 151 cm³/mol. The van der Waals surface area contributed by atoms with Crippen molar-refractivity contribution in [1.82, 2.24) is 14.5 Å². The number of Topliss-reactive ketones (excluding diaryl/α,β-unsaturated/α-hetero) is 1. The molecule has 9 heteroatoms. The van der Waals surface area contributed by atoms with Crippen molar-refractivity contribution in [3.63, 3.8) is 0 Å². The van der Waals surface area contributed by atoms with Crippen molar-refractivity contribution < 1.29 is 17.9 Å². The number of hydrogen-bond donors (Lipinski definition) is 0. The van der Waals surface area contributed by atoms with Crippen LogP contribution in [0.1, 0.15) is 47.7 Å². The summed E-state index contributed by atoms with van der Waals surface area (Å²) in [6.45, 7) is 7.80. The summed E-state index contributed by atoms with van der Waals surface area (Å²) in [5.41, 5.74) is 5.41. The number of fused-ring (bicyclic) bond motifs is 1. The van der Waals surface area contributed by atoms with Gasteiger partial charge in [0, 0.05) is 41.8 Å². The van der Waals surface area contributed by atoms with Crippen LogP contribution in [0.15, 0.2) is 65.6 Å². The number of aromatic nitrogens is 3. The number of anilines is 1. The minimum atomic E-state index is -3.89. The number of methoxy groups -OCH3 is 1. The quantitative estimate of drug-likeness (QED) is 0.316. The molecule has 0 spiro atoms. The molecule has 0 radical (unpaired) electrons. The van der Waals surface area contributed by atoms with E-state index in [1.165, 1.54) is 7.05 Å².